The van der Waals surface area contributed by atoms with Crippen LogP contribution in [0.4, 0.5) is 5.69 Å². The average Bonchev–Trinajstić information content (AvgIpc) is 2.70. The van der Waals surface area contributed by atoms with Gasteiger partial charge in [-0.3, -0.25) is 14.3 Å². The van der Waals surface area contributed by atoms with Gasteiger partial charge in [-0.2, -0.15) is 5.10 Å². The topological polar surface area (TPSA) is 116 Å². The van der Waals surface area contributed by atoms with Gasteiger partial charge >= 0.3 is 0 Å². The van der Waals surface area contributed by atoms with Crippen molar-refractivity contribution in [3.05, 3.63) is 11.9 Å². The average molecular weight is 253 g/mol. The molecule has 1 rings (SSSR count). The lowest BCUT2D eigenvalue weighted by molar-refractivity contribution is -0.124. The molecule has 0 spiro atoms. The molecular weight excluding hydrogens is 234 g/mol. The van der Waals surface area contributed by atoms with Crippen molar-refractivity contribution in [2.24, 2.45) is 5.73 Å². The first kappa shape index (κ1) is 14.0. The Hall–Kier alpha value is -2.05. The van der Waals surface area contributed by atoms with Gasteiger partial charge in [0.05, 0.1) is 5.69 Å². The van der Waals surface area contributed by atoms with Crippen molar-refractivity contribution in [3.8, 4) is 0 Å². The number of nitrogens with one attached hydrogen (secondary N) is 1. The Morgan fingerprint density at radius 1 is 1.56 bits per heavy atom. The zero-order chi connectivity index (χ0) is 13.7. The van der Waals surface area contributed by atoms with Crippen molar-refractivity contribution in [2.75, 3.05) is 12.3 Å². The number of hydrogen-bond donors (Lipinski definition) is 3. The molecule has 1 unspecified atom stereocenters. The molecule has 0 bridgehead atoms. The van der Waals surface area contributed by atoms with Gasteiger partial charge in [-0.05, 0) is 13.3 Å². The lowest BCUT2D eigenvalue weighted by atomic mass is 10.3. The molecule has 1 aromatic rings. The summed E-state index contributed by atoms with van der Waals surface area (Å²) < 4.78 is 1.34. The number of aromatic nitrogens is 2. The van der Waals surface area contributed by atoms with Crippen LogP contribution in [0.5, 0.6) is 0 Å². The van der Waals surface area contributed by atoms with Gasteiger partial charge < -0.3 is 16.8 Å². The molecule has 1 aromatic heterocycles. The third kappa shape index (κ3) is 3.22. The molecule has 7 nitrogen and oxygen atoms in total. The normalized spacial score (nSPS) is 12.1. The summed E-state index contributed by atoms with van der Waals surface area (Å²) in [6, 6.07) is -0.530. The molecule has 0 aliphatic rings. The second-order valence-electron chi connectivity index (χ2n) is 4.10. The van der Waals surface area contributed by atoms with Gasteiger partial charge in [0, 0.05) is 12.7 Å². The van der Waals surface area contributed by atoms with Gasteiger partial charge in [0.25, 0.3) is 5.91 Å². The summed E-state index contributed by atoms with van der Waals surface area (Å²) in [7, 11) is 0. The monoisotopic (exact) mass is 253 g/mol. The van der Waals surface area contributed by atoms with Gasteiger partial charge in [-0.15, -0.1) is 0 Å². The zero-order valence-electron chi connectivity index (χ0n) is 10.6. The van der Waals surface area contributed by atoms with Crippen LogP contribution in [0.25, 0.3) is 0 Å². The van der Waals surface area contributed by atoms with Crippen LogP contribution >= 0.6 is 0 Å². The highest BCUT2D eigenvalue weighted by atomic mass is 16.2. The van der Waals surface area contributed by atoms with Crippen LogP contribution in [0.3, 0.4) is 0 Å². The fourth-order valence-electron chi connectivity index (χ4n) is 1.45. The van der Waals surface area contributed by atoms with Gasteiger partial charge in [0.15, 0.2) is 5.69 Å². The highest BCUT2D eigenvalue weighted by molar-refractivity contribution is 5.95. The zero-order valence-corrected chi connectivity index (χ0v) is 10.6. The molecule has 0 aliphatic heterocycles. The molecule has 1 atom stereocenters. The fourth-order valence-corrected chi connectivity index (χ4v) is 1.45. The number of carbonyl (C=O) groups excluding carboxylic acids is 2. The van der Waals surface area contributed by atoms with Gasteiger partial charge in [0.2, 0.25) is 5.91 Å². The summed E-state index contributed by atoms with van der Waals surface area (Å²) >= 11 is 0. The second-order valence-corrected chi connectivity index (χ2v) is 4.10. The highest BCUT2D eigenvalue weighted by Crippen LogP contribution is 2.13. The number of primary amides is 1. The number of nitrogen functional groups attached to an aromatic ring is 1. The number of carbonyl (C=O) groups is 2. The Bertz CT molecular complexity index is 441. The number of anilines is 1. The minimum atomic E-state index is -0.704. The predicted octanol–water partition coefficient (Wildman–Crippen LogP) is 0.0415. The quantitative estimate of drug-likeness (QED) is 0.620. The van der Waals surface area contributed by atoms with Crippen molar-refractivity contribution in [2.45, 2.75) is 32.7 Å². The molecule has 18 heavy (non-hydrogen) atoms. The molecular formula is C11H19N5O2. The standard InChI is InChI=1S/C11H19N5O2/c1-3-4-5-14-11(18)7(2)16-6-8(12)9(15-16)10(13)17/h6-7H,3-5,12H2,1-2H3,(H2,13,17)(H,14,18). The maximum Gasteiger partial charge on any atom is 0.271 e. The fraction of sp³-hybridized carbons (Fsp3) is 0.545. The van der Waals surface area contributed by atoms with Crippen LogP contribution < -0.4 is 16.8 Å². The maximum absolute atomic E-state index is 11.8. The molecule has 5 N–H and O–H groups in total. The van der Waals surface area contributed by atoms with E-state index in [1.54, 1.807) is 6.92 Å². The number of hydrogen-bond acceptors (Lipinski definition) is 4. The number of amides is 2. The summed E-state index contributed by atoms with van der Waals surface area (Å²) in [5.41, 5.74) is 10.9. The Labute approximate surface area is 106 Å². The van der Waals surface area contributed by atoms with Crippen LogP contribution in [0, 0.1) is 0 Å². The largest absolute Gasteiger partial charge is 0.396 e. The highest BCUT2D eigenvalue weighted by Gasteiger charge is 2.19. The van der Waals surface area contributed by atoms with Crippen molar-refractivity contribution in [3.63, 3.8) is 0 Å². The number of nitrogens with zero attached hydrogens (tertiary/aromatic N) is 2. The van der Waals surface area contributed by atoms with Crippen LogP contribution in [0.1, 0.15) is 43.2 Å². The smallest absolute Gasteiger partial charge is 0.271 e. The summed E-state index contributed by atoms with van der Waals surface area (Å²) in [5, 5.41) is 6.70. The first-order valence-electron chi connectivity index (χ1n) is 5.89. The van der Waals surface area contributed by atoms with Crippen molar-refractivity contribution < 1.29 is 9.59 Å². The van der Waals surface area contributed by atoms with Gasteiger partial charge in [0.1, 0.15) is 6.04 Å². The molecule has 2 amide bonds. The molecule has 0 saturated carbocycles. The first-order chi connectivity index (χ1) is 8.47. The first-order valence-corrected chi connectivity index (χ1v) is 5.89. The Kier molecular flexibility index (Phi) is 4.70. The van der Waals surface area contributed by atoms with E-state index >= 15 is 0 Å². The Morgan fingerprint density at radius 2 is 2.22 bits per heavy atom. The van der Waals surface area contributed by atoms with Crippen LogP contribution in [0.15, 0.2) is 6.20 Å². The lowest BCUT2D eigenvalue weighted by Crippen LogP contribution is -2.32. The minimum absolute atomic E-state index is 0.0109. The van der Waals surface area contributed by atoms with Gasteiger partial charge in [-0.25, -0.2) is 0 Å². The Morgan fingerprint density at radius 3 is 2.72 bits per heavy atom. The molecule has 0 radical (unpaired) electrons. The van der Waals surface area contributed by atoms with Crippen molar-refractivity contribution in [1.82, 2.24) is 15.1 Å². The van der Waals surface area contributed by atoms with Crippen LogP contribution in [-0.4, -0.2) is 28.1 Å². The molecule has 0 aromatic carbocycles. The number of rotatable bonds is 6. The minimum Gasteiger partial charge on any atom is -0.396 e. The number of nitrogens with two attached hydrogens (primary N) is 2. The van der Waals surface area contributed by atoms with Crippen LogP contribution in [-0.2, 0) is 4.79 Å². The van der Waals surface area contributed by atoms with E-state index in [9.17, 15) is 9.59 Å². The van der Waals surface area contributed by atoms with E-state index in [1.807, 2.05) is 6.92 Å². The van der Waals surface area contributed by atoms with E-state index in [-0.39, 0.29) is 17.3 Å². The van der Waals surface area contributed by atoms with Crippen molar-refractivity contribution >= 4 is 17.5 Å². The SMILES string of the molecule is CCCCNC(=O)C(C)n1cc(N)c(C(N)=O)n1. The van der Waals surface area contributed by atoms with E-state index in [0.717, 1.165) is 12.8 Å². The molecule has 0 fully saturated rings. The Balaban J connectivity index is 2.71. The summed E-state index contributed by atoms with van der Waals surface area (Å²) in [4.78, 5) is 22.8. The second kappa shape index (κ2) is 6.04. The van der Waals surface area contributed by atoms with E-state index < -0.39 is 11.9 Å². The van der Waals surface area contributed by atoms with E-state index in [4.69, 9.17) is 11.5 Å². The van der Waals surface area contributed by atoms with Crippen LogP contribution in [0.2, 0.25) is 0 Å². The third-order valence-electron chi connectivity index (χ3n) is 2.60. The van der Waals surface area contributed by atoms with E-state index in [2.05, 4.69) is 10.4 Å². The molecule has 7 heteroatoms. The third-order valence-corrected chi connectivity index (χ3v) is 2.60. The lowest BCUT2D eigenvalue weighted by Gasteiger charge is -2.12. The summed E-state index contributed by atoms with van der Waals surface area (Å²) in [6.07, 6.45) is 3.37. The van der Waals surface area contributed by atoms with Crippen molar-refractivity contribution in [1.29, 1.82) is 0 Å². The predicted molar refractivity (Wildman–Crippen MR) is 67.8 cm³/mol. The molecule has 0 saturated heterocycles. The molecule has 100 valence electrons. The number of unbranched alkanes of at least 4 members (excludes halogenated alkanes) is 1. The molecule has 0 aliphatic carbocycles. The van der Waals surface area contributed by atoms with E-state index in [0.29, 0.717) is 6.54 Å². The van der Waals surface area contributed by atoms with Gasteiger partial charge in [-0.1, -0.05) is 13.3 Å². The summed E-state index contributed by atoms with van der Waals surface area (Å²) in [6.45, 7) is 4.35. The summed E-state index contributed by atoms with van der Waals surface area (Å²) in [5.74, 6) is -0.869. The molecule has 1 heterocycles. The maximum atomic E-state index is 11.8. The van der Waals surface area contributed by atoms with E-state index in [1.165, 1.54) is 10.9 Å².